The van der Waals surface area contributed by atoms with Gasteiger partial charge in [-0.3, -0.25) is 0 Å². The van der Waals surface area contributed by atoms with E-state index in [9.17, 15) is 13.5 Å². The van der Waals surface area contributed by atoms with Crippen LogP contribution in [0, 0.1) is 6.92 Å². The Hall–Kier alpha value is -0.950. The lowest BCUT2D eigenvalue weighted by atomic mass is 10.1. The van der Waals surface area contributed by atoms with Gasteiger partial charge in [-0.05, 0) is 25.5 Å². The van der Waals surface area contributed by atoms with Gasteiger partial charge in [0.1, 0.15) is 0 Å². The van der Waals surface area contributed by atoms with Gasteiger partial charge >= 0.3 is 0 Å². The maximum atomic E-state index is 12.1. The molecule has 2 atom stereocenters. The van der Waals surface area contributed by atoms with Crippen molar-refractivity contribution in [3.05, 3.63) is 29.8 Å². The third-order valence-corrected chi connectivity index (χ3v) is 4.47. The number of hydrogen-bond donors (Lipinski definition) is 2. The largest absolute Gasteiger partial charge is 0.389 e. The lowest BCUT2D eigenvalue weighted by molar-refractivity contribution is -0.0222. The van der Waals surface area contributed by atoms with E-state index in [2.05, 4.69) is 4.72 Å². The first-order valence-electron chi connectivity index (χ1n) is 5.84. The second-order valence-corrected chi connectivity index (χ2v) is 6.19. The number of ether oxygens (including phenoxy) is 1. The first-order valence-corrected chi connectivity index (χ1v) is 7.32. The van der Waals surface area contributed by atoms with Gasteiger partial charge in [0.15, 0.2) is 0 Å². The molecule has 2 rings (SSSR count). The highest BCUT2D eigenvalue weighted by molar-refractivity contribution is 7.89. The fraction of sp³-hybridized carbons (Fsp3) is 0.500. The second-order valence-electron chi connectivity index (χ2n) is 4.47. The van der Waals surface area contributed by atoms with E-state index >= 15 is 0 Å². The fourth-order valence-electron chi connectivity index (χ4n) is 1.85. The van der Waals surface area contributed by atoms with Crippen LogP contribution in [0.25, 0.3) is 0 Å². The smallest absolute Gasteiger partial charge is 0.240 e. The van der Waals surface area contributed by atoms with E-state index in [-0.39, 0.29) is 11.5 Å². The third-order valence-electron chi connectivity index (χ3n) is 2.96. The number of sulfonamides is 1. The van der Waals surface area contributed by atoms with Gasteiger partial charge in [0.25, 0.3) is 0 Å². The van der Waals surface area contributed by atoms with Crippen molar-refractivity contribution in [2.24, 2.45) is 0 Å². The van der Waals surface area contributed by atoms with E-state index in [1.807, 2.05) is 6.92 Å². The lowest BCUT2D eigenvalue weighted by Crippen LogP contribution is -2.48. The zero-order valence-electron chi connectivity index (χ0n) is 10.2. The van der Waals surface area contributed by atoms with Crippen LogP contribution >= 0.6 is 0 Å². The maximum Gasteiger partial charge on any atom is 0.240 e. The van der Waals surface area contributed by atoms with Crippen LogP contribution in [0.5, 0.6) is 0 Å². The van der Waals surface area contributed by atoms with Crippen molar-refractivity contribution >= 4 is 10.0 Å². The third kappa shape index (κ3) is 3.08. The minimum atomic E-state index is -3.58. The van der Waals surface area contributed by atoms with E-state index < -0.39 is 22.2 Å². The van der Waals surface area contributed by atoms with Gasteiger partial charge in [-0.1, -0.05) is 17.7 Å². The van der Waals surface area contributed by atoms with Crippen molar-refractivity contribution in [2.75, 3.05) is 13.2 Å². The molecule has 1 heterocycles. The van der Waals surface area contributed by atoms with Gasteiger partial charge in [-0.25, -0.2) is 13.1 Å². The summed E-state index contributed by atoms with van der Waals surface area (Å²) in [6.45, 7) is 2.52. The van der Waals surface area contributed by atoms with Crippen LogP contribution in [-0.4, -0.2) is 38.9 Å². The van der Waals surface area contributed by atoms with Crippen molar-refractivity contribution in [2.45, 2.75) is 30.4 Å². The van der Waals surface area contributed by atoms with Gasteiger partial charge in [0.2, 0.25) is 10.0 Å². The summed E-state index contributed by atoms with van der Waals surface area (Å²) in [6, 6.07) is 6.13. The van der Waals surface area contributed by atoms with Crippen LogP contribution in [0.1, 0.15) is 12.0 Å². The number of rotatable bonds is 3. The van der Waals surface area contributed by atoms with Crippen LogP contribution in [0.3, 0.4) is 0 Å². The van der Waals surface area contributed by atoms with Gasteiger partial charge in [0, 0.05) is 6.61 Å². The van der Waals surface area contributed by atoms with Crippen LogP contribution in [-0.2, 0) is 14.8 Å². The molecule has 18 heavy (non-hydrogen) atoms. The van der Waals surface area contributed by atoms with Crippen molar-refractivity contribution in [1.82, 2.24) is 4.72 Å². The summed E-state index contributed by atoms with van der Waals surface area (Å²) in [6.07, 6.45) is -0.314. The molecule has 0 aliphatic carbocycles. The number of aliphatic hydroxyl groups is 1. The summed E-state index contributed by atoms with van der Waals surface area (Å²) < 4.78 is 31.8. The van der Waals surface area contributed by atoms with E-state index in [4.69, 9.17) is 4.74 Å². The molecule has 1 saturated heterocycles. The van der Waals surface area contributed by atoms with Crippen LogP contribution < -0.4 is 4.72 Å². The standard InChI is InChI=1S/C12H17NO4S/c1-9-2-4-10(5-3-9)18(15,16)13-11-6-7-17-8-12(11)14/h2-5,11-14H,6-8H2,1H3. The molecule has 2 N–H and O–H groups in total. The molecule has 0 radical (unpaired) electrons. The summed E-state index contributed by atoms with van der Waals surface area (Å²) in [4.78, 5) is 0.215. The maximum absolute atomic E-state index is 12.1. The minimum Gasteiger partial charge on any atom is -0.389 e. The lowest BCUT2D eigenvalue weighted by Gasteiger charge is -2.28. The molecule has 0 spiro atoms. The normalized spacial score (nSPS) is 25.0. The highest BCUT2D eigenvalue weighted by Crippen LogP contribution is 2.14. The predicted molar refractivity (Wildman–Crippen MR) is 66.7 cm³/mol. The molecule has 2 unspecified atom stereocenters. The second kappa shape index (κ2) is 5.36. The molecular formula is C12H17NO4S. The Kier molecular flexibility index (Phi) is 4.01. The Morgan fingerprint density at radius 2 is 2.00 bits per heavy atom. The van der Waals surface area contributed by atoms with Gasteiger partial charge in [0.05, 0.1) is 23.6 Å². The highest BCUT2D eigenvalue weighted by atomic mass is 32.2. The van der Waals surface area contributed by atoms with Gasteiger partial charge in [-0.2, -0.15) is 0 Å². The quantitative estimate of drug-likeness (QED) is 0.835. The van der Waals surface area contributed by atoms with Crippen molar-refractivity contribution in [3.8, 4) is 0 Å². The first kappa shape index (κ1) is 13.5. The Balaban J connectivity index is 2.13. The fourth-order valence-corrected chi connectivity index (χ4v) is 3.15. The summed E-state index contributed by atoms with van der Waals surface area (Å²) >= 11 is 0. The minimum absolute atomic E-state index is 0.168. The summed E-state index contributed by atoms with van der Waals surface area (Å²) in [7, 11) is -3.58. The first-order chi connectivity index (χ1) is 8.49. The number of benzene rings is 1. The number of aryl methyl sites for hydroxylation is 1. The predicted octanol–water partition coefficient (Wildman–Crippen LogP) is 0.423. The van der Waals surface area contributed by atoms with Crippen LogP contribution in [0.2, 0.25) is 0 Å². The highest BCUT2D eigenvalue weighted by Gasteiger charge is 2.28. The molecule has 0 amide bonds. The summed E-state index contributed by atoms with van der Waals surface area (Å²) in [5, 5.41) is 9.67. The molecule has 0 bridgehead atoms. The molecule has 5 nitrogen and oxygen atoms in total. The van der Waals surface area contributed by atoms with E-state index in [0.717, 1.165) is 5.56 Å². The van der Waals surface area contributed by atoms with Crippen molar-refractivity contribution in [1.29, 1.82) is 0 Å². The molecule has 1 aromatic rings. The average molecular weight is 271 g/mol. The number of hydrogen-bond acceptors (Lipinski definition) is 4. The monoisotopic (exact) mass is 271 g/mol. The van der Waals surface area contributed by atoms with Crippen LogP contribution in [0.4, 0.5) is 0 Å². The average Bonchev–Trinajstić information content (AvgIpc) is 2.32. The Morgan fingerprint density at radius 3 is 2.61 bits per heavy atom. The zero-order valence-corrected chi connectivity index (χ0v) is 11.0. The Bertz CT molecular complexity index is 497. The number of aliphatic hydroxyl groups excluding tert-OH is 1. The Morgan fingerprint density at radius 1 is 1.33 bits per heavy atom. The Labute approximate surface area is 107 Å². The van der Waals surface area contributed by atoms with Gasteiger partial charge in [-0.15, -0.1) is 0 Å². The molecule has 6 heteroatoms. The number of nitrogens with one attached hydrogen (secondary N) is 1. The molecular weight excluding hydrogens is 254 g/mol. The molecule has 1 aliphatic rings. The van der Waals surface area contributed by atoms with Gasteiger partial charge < -0.3 is 9.84 Å². The van der Waals surface area contributed by atoms with E-state index in [0.29, 0.717) is 13.0 Å². The topological polar surface area (TPSA) is 75.6 Å². The molecule has 1 aliphatic heterocycles. The molecule has 0 aromatic heterocycles. The summed E-state index contributed by atoms with van der Waals surface area (Å²) in [5.41, 5.74) is 1.00. The van der Waals surface area contributed by atoms with E-state index in [1.165, 1.54) is 0 Å². The SMILES string of the molecule is Cc1ccc(S(=O)(=O)NC2CCOCC2O)cc1. The molecule has 100 valence electrons. The van der Waals surface area contributed by atoms with E-state index in [1.54, 1.807) is 24.3 Å². The molecule has 1 aromatic carbocycles. The summed E-state index contributed by atoms with van der Waals surface area (Å²) in [5.74, 6) is 0. The zero-order chi connectivity index (χ0) is 13.2. The molecule has 1 fully saturated rings. The molecule has 0 saturated carbocycles. The van der Waals surface area contributed by atoms with Crippen LogP contribution in [0.15, 0.2) is 29.2 Å². The van der Waals surface area contributed by atoms with Crippen molar-refractivity contribution < 1.29 is 18.3 Å². The van der Waals surface area contributed by atoms with Crippen molar-refractivity contribution in [3.63, 3.8) is 0 Å².